The van der Waals surface area contributed by atoms with E-state index in [1.807, 2.05) is 0 Å². The second kappa shape index (κ2) is 2.98. The van der Waals surface area contributed by atoms with E-state index in [4.69, 9.17) is 0 Å². The average Bonchev–Trinajstić information content (AvgIpc) is 2.50. The van der Waals surface area contributed by atoms with Crippen LogP contribution in [-0.4, -0.2) is 9.97 Å². The highest BCUT2D eigenvalue weighted by atomic mass is 19.4. The maximum atomic E-state index is 12.8. The Hall–Kier alpha value is -1.52. The highest BCUT2D eigenvalue weighted by molar-refractivity contribution is 5.81. The highest BCUT2D eigenvalue weighted by Gasteiger charge is 2.36. The van der Waals surface area contributed by atoms with Gasteiger partial charge in [-0.15, -0.1) is 0 Å². The van der Waals surface area contributed by atoms with Crippen LogP contribution in [-0.2, 0) is 6.18 Å². The van der Waals surface area contributed by atoms with Gasteiger partial charge in [0.2, 0.25) is 0 Å². The number of aryl methyl sites for hydroxylation is 1. The minimum atomic E-state index is -4.36. The summed E-state index contributed by atoms with van der Waals surface area (Å²) < 4.78 is 38.3. The number of aromatic nitrogens is 2. The van der Waals surface area contributed by atoms with Crippen molar-refractivity contribution in [2.45, 2.75) is 20.0 Å². The minimum Gasteiger partial charge on any atom is -0.345 e. The molecule has 5 heteroatoms. The predicted molar refractivity (Wildman–Crippen MR) is 50.6 cm³/mol. The summed E-state index contributed by atoms with van der Waals surface area (Å²) in [4.78, 5) is 6.40. The van der Waals surface area contributed by atoms with Crippen LogP contribution in [0, 0.1) is 13.8 Å². The highest BCUT2D eigenvalue weighted by Crippen LogP contribution is 2.37. The maximum Gasteiger partial charge on any atom is 0.418 e. The van der Waals surface area contributed by atoms with Crippen molar-refractivity contribution in [3.8, 4) is 0 Å². The van der Waals surface area contributed by atoms with E-state index in [1.54, 1.807) is 13.0 Å². The number of aromatic amines is 1. The summed E-state index contributed by atoms with van der Waals surface area (Å²) in [5, 5.41) is 0. The van der Waals surface area contributed by atoms with Gasteiger partial charge in [-0.1, -0.05) is 0 Å². The molecular weight excluding hydrogens is 205 g/mol. The Balaban J connectivity index is 2.90. The first-order valence-electron chi connectivity index (χ1n) is 4.41. The molecule has 0 fully saturated rings. The number of imidazole rings is 1. The summed E-state index contributed by atoms with van der Waals surface area (Å²) in [5.41, 5.74) is 0.621. The van der Waals surface area contributed by atoms with E-state index in [0.717, 1.165) is 0 Å². The number of hydrogen-bond acceptors (Lipinski definition) is 1. The molecule has 0 atom stereocenters. The largest absolute Gasteiger partial charge is 0.418 e. The first-order chi connectivity index (χ1) is 6.91. The molecule has 1 heterocycles. The molecule has 1 aromatic carbocycles. The lowest BCUT2D eigenvalue weighted by molar-refractivity contribution is -0.136. The van der Waals surface area contributed by atoms with E-state index in [9.17, 15) is 13.2 Å². The molecule has 2 aromatic rings. The van der Waals surface area contributed by atoms with Gasteiger partial charge >= 0.3 is 6.18 Å². The van der Waals surface area contributed by atoms with E-state index in [1.165, 1.54) is 13.3 Å². The number of fused-ring (bicyclic) bond motifs is 1. The van der Waals surface area contributed by atoms with Gasteiger partial charge < -0.3 is 4.98 Å². The van der Waals surface area contributed by atoms with Crippen molar-refractivity contribution in [1.82, 2.24) is 9.97 Å². The topological polar surface area (TPSA) is 28.7 Å². The van der Waals surface area contributed by atoms with Gasteiger partial charge in [0.1, 0.15) is 5.52 Å². The average molecular weight is 214 g/mol. The normalized spacial score (nSPS) is 12.3. The van der Waals surface area contributed by atoms with Gasteiger partial charge in [-0.2, -0.15) is 13.2 Å². The van der Waals surface area contributed by atoms with Gasteiger partial charge in [-0.05, 0) is 31.0 Å². The maximum absolute atomic E-state index is 12.8. The molecule has 0 aliphatic heterocycles. The third-order valence-corrected chi connectivity index (χ3v) is 2.52. The monoisotopic (exact) mass is 214 g/mol. The Morgan fingerprint density at radius 1 is 1.27 bits per heavy atom. The van der Waals surface area contributed by atoms with Crippen LogP contribution in [0.15, 0.2) is 12.4 Å². The predicted octanol–water partition coefficient (Wildman–Crippen LogP) is 3.20. The van der Waals surface area contributed by atoms with Gasteiger partial charge in [0.15, 0.2) is 0 Å². The number of rotatable bonds is 0. The standard InChI is InChI=1S/C10H9F3N2/c1-5-3-7-9(15-4-14-7)8(6(5)2)10(11,12)13/h3-4H,1-2H3,(H,14,15). The summed E-state index contributed by atoms with van der Waals surface area (Å²) in [6.45, 7) is 3.12. The van der Waals surface area contributed by atoms with Gasteiger partial charge in [0, 0.05) is 0 Å². The summed E-state index contributed by atoms with van der Waals surface area (Å²) >= 11 is 0. The van der Waals surface area contributed by atoms with Crippen LogP contribution in [0.2, 0.25) is 0 Å². The lowest BCUT2D eigenvalue weighted by atomic mass is 10.0. The molecule has 0 aliphatic carbocycles. The van der Waals surface area contributed by atoms with Crippen molar-refractivity contribution in [2.24, 2.45) is 0 Å². The molecule has 1 N–H and O–H groups in total. The molecule has 0 saturated heterocycles. The first kappa shape index (κ1) is 10.0. The number of benzene rings is 1. The van der Waals surface area contributed by atoms with Crippen molar-refractivity contribution in [3.05, 3.63) is 29.1 Å². The van der Waals surface area contributed by atoms with E-state index in [2.05, 4.69) is 9.97 Å². The fourth-order valence-corrected chi connectivity index (χ4v) is 1.66. The van der Waals surface area contributed by atoms with E-state index >= 15 is 0 Å². The number of H-pyrrole nitrogens is 1. The van der Waals surface area contributed by atoms with Crippen LogP contribution in [0.5, 0.6) is 0 Å². The molecule has 0 radical (unpaired) electrons. The SMILES string of the molecule is Cc1cc2[nH]cnc2c(C(F)(F)F)c1C. The summed E-state index contributed by atoms with van der Waals surface area (Å²) in [6, 6.07) is 1.67. The first-order valence-corrected chi connectivity index (χ1v) is 4.41. The Labute approximate surface area is 84.1 Å². The van der Waals surface area contributed by atoms with Crippen LogP contribution in [0.1, 0.15) is 16.7 Å². The molecule has 0 aliphatic rings. The van der Waals surface area contributed by atoms with Crippen LogP contribution in [0.4, 0.5) is 13.2 Å². The second-order valence-electron chi connectivity index (χ2n) is 3.49. The number of alkyl halides is 3. The molecule has 2 nitrogen and oxygen atoms in total. The van der Waals surface area contributed by atoms with Crippen molar-refractivity contribution in [2.75, 3.05) is 0 Å². The molecule has 0 bridgehead atoms. The van der Waals surface area contributed by atoms with Gasteiger partial charge in [-0.3, -0.25) is 0 Å². The zero-order valence-electron chi connectivity index (χ0n) is 8.24. The van der Waals surface area contributed by atoms with Crippen molar-refractivity contribution >= 4 is 11.0 Å². The third kappa shape index (κ3) is 1.48. The second-order valence-corrected chi connectivity index (χ2v) is 3.49. The van der Waals surface area contributed by atoms with Gasteiger partial charge in [0.05, 0.1) is 17.4 Å². The molecule has 0 unspecified atom stereocenters. The van der Waals surface area contributed by atoms with Crippen molar-refractivity contribution in [1.29, 1.82) is 0 Å². The summed E-state index contributed by atoms with van der Waals surface area (Å²) in [6.07, 6.45) is -3.08. The Kier molecular flexibility index (Phi) is 1.99. The van der Waals surface area contributed by atoms with Gasteiger partial charge in [0.25, 0.3) is 0 Å². The smallest absolute Gasteiger partial charge is 0.345 e. The molecule has 0 saturated carbocycles. The van der Waals surface area contributed by atoms with E-state index in [-0.39, 0.29) is 11.1 Å². The third-order valence-electron chi connectivity index (χ3n) is 2.52. The molecule has 0 spiro atoms. The van der Waals surface area contributed by atoms with Gasteiger partial charge in [-0.25, -0.2) is 4.98 Å². The van der Waals surface area contributed by atoms with E-state index < -0.39 is 11.7 Å². The molecule has 0 amide bonds. The van der Waals surface area contributed by atoms with Crippen molar-refractivity contribution < 1.29 is 13.2 Å². The van der Waals surface area contributed by atoms with E-state index in [0.29, 0.717) is 11.1 Å². The van der Waals surface area contributed by atoms with Crippen LogP contribution < -0.4 is 0 Å². The van der Waals surface area contributed by atoms with Crippen LogP contribution in [0.3, 0.4) is 0 Å². The number of nitrogens with zero attached hydrogens (tertiary/aromatic N) is 1. The lowest BCUT2D eigenvalue weighted by Gasteiger charge is -2.12. The zero-order chi connectivity index (χ0) is 11.2. The minimum absolute atomic E-state index is 0.00870. The molecule has 15 heavy (non-hydrogen) atoms. The summed E-state index contributed by atoms with van der Waals surface area (Å²) in [5.74, 6) is 0. The fourth-order valence-electron chi connectivity index (χ4n) is 1.66. The fraction of sp³-hybridized carbons (Fsp3) is 0.300. The van der Waals surface area contributed by atoms with Crippen LogP contribution in [0.25, 0.3) is 11.0 Å². The zero-order valence-corrected chi connectivity index (χ0v) is 8.24. The Morgan fingerprint density at radius 2 is 1.93 bits per heavy atom. The summed E-state index contributed by atoms with van der Waals surface area (Å²) in [7, 11) is 0. The van der Waals surface area contributed by atoms with Crippen LogP contribution >= 0.6 is 0 Å². The lowest BCUT2D eigenvalue weighted by Crippen LogP contribution is -2.09. The molecule has 80 valence electrons. The number of nitrogens with one attached hydrogen (secondary N) is 1. The molecular formula is C10H9F3N2. The molecule has 1 aromatic heterocycles. The number of halogens is 3. The Morgan fingerprint density at radius 3 is 2.53 bits per heavy atom. The quantitative estimate of drug-likeness (QED) is 0.716. The number of hydrogen-bond donors (Lipinski definition) is 1. The van der Waals surface area contributed by atoms with Crippen molar-refractivity contribution in [3.63, 3.8) is 0 Å². The Bertz CT molecular complexity index is 511. The molecule has 2 rings (SSSR count).